The summed E-state index contributed by atoms with van der Waals surface area (Å²) in [4.78, 5) is 17.4. The first kappa shape index (κ1) is 14.5. The molecule has 0 radical (unpaired) electrons. The fourth-order valence-electron chi connectivity index (χ4n) is 3.48. The van der Waals surface area contributed by atoms with Gasteiger partial charge in [0.1, 0.15) is 0 Å². The van der Waals surface area contributed by atoms with Crippen LogP contribution in [0.3, 0.4) is 0 Å². The lowest BCUT2D eigenvalue weighted by Gasteiger charge is -2.39. The molecule has 2 atom stereocenters. The number of carbonyl (C=O) groups excluding carboxylic acids is 1. The highest BCUT2D eigenvalue weighted by atomic mass is 16.2. The fraction of sp³-hybridized carbons (Fsp3) is 0.588. The minimum Gasteiger partial charge on any atom is -0.340 e. The van der Waals surface area contributed by atoms with Crippen molar-refractivity contribution in [2.45, 2.75) is 32.4 Å². The summed E-state index contributed by atoms with van der Waals surface area (Å²) in [6, 6.07) is 8.56. The number of rotatable bonds is 2. The molecule has 0 bridgehead atoms. The molecule has 4 nitrogen and oxygen atoms in total. The lowest BCUT2D eigenvalue weighted by molar-refractivity contribution is -0.135. The van der Waals surface area contributed by atoms with Crippen molar-refractivity contribution in [1.82, 2.24) is 15.1 Å². The minimum atomic E-state index is -0.0388. The number of nitrogens with zero attached hydrogens (tertiary/aromatic N) is 2. The third-order valence-corrected chi connectivity index (χ3v) is 4.90. The summed E-state index contributed by atoms with van der Waals surface area (Å²) in [7, 11) is 0. The second kappa shape index (κ2) is 6.16. The van der Waals surface area contributed by atoms with Crippen molar-refractivity contribution < 1.29 is 4.79 Å². The van der Waals surface area contributed by atoms with Gasteiger partial charge in [0, 0.05) is 38.8 Å². The van der Waals surface area contributed by atoms with E-state index < -0.39 is 0 Å². The van der Waals surface area contributed by atoms with Crippen LogP contribution in [0.4, 0.5) is 0 Å². The van der Waals surface area contributed by atoms with Gasteiger partial charge in [0.25, 0.3) is 0 Å². The van der Waals surface area contributed by atoms with Crippen molar-refractivity contribution in [1.29, 1.82) is 0 Å². The topological polar surface area (TPSA) is 35.6 Å². The summed E-state index contributed by atoms with van der Waals surface area (Å²) < 4.78 is 0. The molecule has 1 saturated heterocycles. The van der Waals surface area contributed by atoms with E-state index in [1.54, 1.807) is 0 Å². The van der Waals surface area contributed by atoms with E-state index in [-0.39, 0.29) is 17.9 Å². The van der Waals surface area contributed by atoms with Crippen molar-refractivity contribution in [3.05, 3.63) is 35.4 Å². The highest BCUT2D eigenvalue weighted by Crippen LogP contribution is 2.30. The van der Waals surface area contributed by atoms with Crippen molar-refractivity contribution >= 4 is 5.91 Å². The second-order valence-corrected chi connectivity index (χ2v) is 6.11. The molecule has 1 N–H and O–H groups in total. The van der Waals surface area contributed by atoms with E-state index in [9.17, 15) is 4.79 Å². The van der Waals surface area contributed by atoms with E-state index in [1.807, 2.05) is 6.07 Å². The Bertz CT molecular complexity index is 509. The van der Waals surface area contributed by atoms with Gasteiger partial charge in [0.2, 0.25) is 5.91 Å². The molecule has 114 valence electrons. The van der Waals surface area contributed by atoms with E-state index in [0.717, 1.165) is 39.3 Å². The lowest BCUT2D eigenvalue weighted by atomic mass is 9.84. The Kier molecular flexibility index (Phi) is 4.27. The number of hydrogen-bond donors (Lipinski definition) is 1. The van der Waals surface area contributed by atoms with Gasteiger partial charge in [0.05, 0.1) is 5.92 Å². The standard InChI is InChI=1S/C17H25N3O/c1-3-19-8-10-20(11-9-19)17(21)16-13(2)18-12-14-6-4-5-7-15(14)16/h4-7,13,16,18H,3,8-12H2,1-2H3. The number of piperazine rings is 1. The number of likely N-dealkylation sites (N-methyl/N-ethyl adjacent to an activating group) is 1. The quantitative estimate of drug-likeness (QED) is 0.894. The molecular weight excluding hydrogens is 262 g/mol. The van der Waals surface area contributed by atoms with Crippen LogP contribution < -0.4 is 5.32 Å². The fourth-order valence-corrected chi connectivity index (χ4v) is 3.48. The van der Waals surface area contributed by atoms with Crippen LogP contribution in [0.25, 0.3) is 0 Å². The summed E-state index contributed by atoms with van der Waals surface area (Å²) in [5.74, 6) is 0.251. The Labute approximate surface area is 127 Å². The molecule has 1 fully saturated rings. The van der Waals surface area contributed by atoms with Crippen LogP contribution in [-0.2, 0) is 11.3 Å². The van der Waals surface area contributed by atoms with Crippen LogP contribution in [0.15, 0.2) is 24.3 Å². The van der Waals surface area contributed by atoms with Crippen LogP contribution in [-0.4, -0.2) is 54.5 Å². The van der Waals surface area contributed by atoms with Gasteiger partial charge < -0.3 is 15.1 Å². The van der Waals surface area contributed by atoms with Crippen LogP contribution in [0, 0.1) is 0 Å². The molecule has 1 amide bonds. The van der Waals surface area contributed by atoms with E-state index in [2.05, 4.69) is 47.2 Å². The number of carbonyl (C=O) groups is 1. The summed E-state index contributed by atoms with van der Waals surface area (Å²) in [5.41, 5.74) is 2.48. The number of fused-ring (bicyclic) bond motifs is 1. The van der Waals surface area contributed by atoms with Crippen LogP contribution in [0.2, 0.25) is 0 Å². The molecule has 0 aliphatic carbocycles. The van der Waals surface area contributed by atoms with Gasteiger partial charge in [-0.25, -0.2) is 0 Å². The highest BCUT2D eigenvalue weighted by Gasteiger charge is 2.35. The third-order valence-electron chi connectivity index (χ3n) is 4.90. The number of amides is 1. The van der Waals surface area contributed by atoms with E-state index in [0.29, 0.717) is 0 Å². The zero-order valence-electron chi connectivity index (χ0n) is 13.0. The van der Waals surface area contributed by atoms with Crippen LogP contribution >= 0.6 is 0 Å². The van der Waals surface area contributed by atoms with Crippen molar-refractivity contribution in [3.63, 3.8) is 0 Å². The molecule has 3 rings (SSSR count). The lowest BCUT2D eigenvalue weighted by Crippen LogP contribution is -2.53. The monoisotopic (exact) mass is 287 g/mol. The van der Waals surface area contributed by atoms with Gasteiger partial charge in [-0.15, -0.1) is 0 Å². The number of nitrogens with one attached hydrogen (secondary N) is 1. The van der Waals surface area contributed by atoms with Gasteiger partial charge in [-0.1, -0.05) is 31.2 Å². The van der Waals surface area contributed by atoms with Crippen LogP contribution in [0.1, 0.15) is 30.9 Å². The maximum absolute atomic E-state index is 13.0. The van der Waals surface area contributed by atoms with Crippen LogP contribution in [0.5, 0.6) is 0 Å². The number of benzene rings is 1. The first-order chi connectivity index (χ1) is 10.2. The molecule has 21 heavy (non-hydrogen) atoms. The smallest absolute Gasteiger partial charge is 0.231 e. The molecule has 0 saturated carbocycles. The Morgan fingerprint density at radius 2 is 1.95 bits per heavy atom. The first-order valence-electron chi connectivity index (χ1n) is 8.03. The highest BCUT2D eigenvalue weighted by molar-refractivity contribution is 5.85. The summed E-state index contributed by atoms with van der Waals surface area (Å²) in [5, 5.41) is 3.47. The Morgan fingerprint density at radius 1 is 1.24 bits per heavy atom. The number of hydrogen-bond acceptors (Lipinski definition) is 3. The Morgan fingerprint density at radius 3 is 2.67 bits per heavy atom. The minimum absolute atomic E-state index is 0.0388. The predicted molar refractivity (Wildman–Crippen MR) is 84.2 cm³/mol. The van der Waals surface area contributed by atoms with Gasteiger partial charge in [0.15, 0.2) is 0 Å². The molecule has 2 heterocycles. The average Bonchev–Trinajstić information content (AvgIpc) is 2.54. The van der Waals surface area contributed by atoms with Crippen molar-refractivity contribution in [2.24, 2.45) is 0 Å². The Balaban J connectivity index is 1.78. The molecule has 2 aliphatic rings. The first-order valence-corrected chi connectivity index (χ1v) is 8.03. The van der Waals surface area contributed by atoms with E-state index in [4.69, 9.17) is 0 Å². The summed E-state index contributed by atoms with van der Waals surface area (Å²) in [6.07, 6.45) is 0. The molecule has 1 aromatic rings. The molecule has 2 unspecified atom stereocenters. The maximum Gasteiger partial charge on any atom is 0.231 e. The Hall–Kier alpha value is -1.39. The predicted octanol–water partition coefficient (Wildman–Crippen LogP) is 1.43. The van der Waals surface area contributed by atoms with Crippen molar-refractivity contribution in [2.75, 3.05) is 32.7 Å². The van der Waals surface area contributed by atoms with Crippen molar-refractivity contribution in [3.8, 4) is 0 Å². The summed E-state index contributed by atoms with van der Waals surface area (Å²) in [6.45, 7) is 9.96. The maximum atomic E-state index is 13.0. The average molecular weight is 287 g/mol. The largest absolute Gasteiger partial charge is 0.340 e. The SMILES string of the molecule is CCN1CCN(C(=O)C2c3ccccc3CNC2C)CC1. The van der Waals surface area contributed by atoms with E-state index in [1.165, 1.54) is 11.1 Å². The van der Waals surface area contributed by atoms with Gasteiger partial charge in [-0.2, -0.15) is 0 Å². The summed E-state index contributed by atoms with van der Waals surface area (Å²) >= 11 is 0. The van der Waals surface area contributed by atoms with Gasteiger partial charge in [-0.3, -0.25) is 4.79 Å². The second-order valence-electron chi connectivity index (χ2n) is 6.11. The normalized spacial score (nSPS) is 26.5. The van der Waals surface area contributed by atoms with Gasteiger partial charge >= 0.3 is 0 Å². The molecule has 1 aromatic carbocycles. The van der Waals surface area contributed by atoms with E-state index >= 15 is 0 Å². The zero-order valence-corrected chi connectivity index (χ0v) is 13.0. The van der Waals surface area contributed by atoms with Gasteiger partial charge in [-0.05, 0) is 24.6 Å². The molecule has 2 aliphatic heterocycles. The zero-order chi connectivity index (χ0) is 14.8. The molecular formula is C17H25N3O. The molecule has 0 aromatic heterocycles. The third kappa shape index (κ3) is 2.83. The molecule has 4 heteroatoms. The molecule has 0 spiro atoms.